The van der Waals surface area contributed by atoms with Crippen LogP contribution in [0.25, 0.3) is 16.6 Å². The molecule has 6 heteroatoms. The van der Waals surface area contributed by atoms with Crippen molar-refractivity contribution in [2.24, 2.45) is 0 Å². The van der Waals surface area contributed by atoms with E-state index in [0.717, 1.165) is 54.2 Å². The first kappa shape index (κ1) is 20.0. The van der Waals surface area contributed by atoms with Crippen molar-refractivity contribution < 1.29 is 0 Å². The van der Waals surface area contributed by atoms with Crippen LogP contribution in [-0.2, 0) is 5.41 Å². The molecule has 152 valence electrons. The zero-order valence-corrected chi connectivity index (χ0v) is 18.2. The number of pyridine rings is 1. The van der Waals surface area contributed by atoms with Crippen molar-refractivity contribution in [3.05, 3.63) is 62.9 Å². The maximum atomic E-state index is 12.8. The molecule has 0 saturated heterocycles. The molecule has 0 radical (unpaired) electrons. The van der Waals surface area contributed by atoms with Gasteiger partial charge in [-0.05, 0) is 64.0 Å². The van der Waals surface area contributed by atoms with E-state index in [9.17, 15) is 4.79 Å². The minimum atomic E-state index is -0.414. The molecule has 1 aromatic carbocycles. The number of fused-ring (bicyclic) bond motifs is 5. The molecule has 1 aliphatic rings. The van der Waals surface area contributed by atoms with Crippen molar-refractivity contribution in [3.63, 3.8) is 0 Å². The van der Waals surface area contributed by atoms with Crippen molar-refractivity contribution >= 4 is 22.5 Å². The SMILES string of the molecule is CCC(CCNC)c1ccc2c(n1)C(C)(CC)c1nc(=O)c3c(Cl)cccc3n1-2. The first-order valence-corrected chi connectivity index (χ1v) is 10.7. The molecule has 0 aliphatic carbocycles. The van der Waals surface area contributed by atoms with Gasteiger partial charge in [0.25, 0.3) is 5.56 Å². The number of nitrogens with one attached hydrogen (secondary N) is 1. The van der Waals surface area contributed by atoms with E-state index in [2.05, 4.69) is 47.8 Å². The van der Waals surface area contributed by atoms with Crippen LogP contribution in [0.15, 0.2) is 35.1 Å². The number of rotatable bonds is 6. The number of benzene rings is 1. The maximum absolute atomic E-state index is 12.8. The van der Waals surface area contributed by atoms with E-state index < -0.39 is 5.41 Å². The zero-order chi connectivity index (χ0) is 20.8. The van der Waals surface area contributed by atoms with Crippen LogP contribution in [0.5, 0.6) is 0 Å². The molecule has 1 N–H and O–H groups in total. The largest absolute Gasteiger partial charge is 0.320 e. The third kappa shape index (κ3) is 2.99. The summed E-state index contributed by atoms with van der Waals surface area (Å²) in [4.78, 5) is 22.5. The van der Waals surface area contributed by atoms with Gasteiger partial charge in [-0.3, -0.25) is 14.3 Å². The van der Waals surface area contributed by atoms with Gasteiger partial charge in [0.2, 0.25) is 0 Å². The fourth-order valence-electron chi connectivity index (χ4n) is 4.43. The van der Waals surface area contributed by atoms with E-state index in [4.69, 9.17) is 16.6 Å². The molecule has 5 nitrogen and oxygen atoms in total. The Morgan fingerprint density at radius 1 is 1.21 bits per heavy atom. The van der Waals surface area contributed by atoms with Crippen LogP contribution in [0, 0.1) is 0 Å². The Kier molecular flexibility index (Phi) is 5.21. The lowest BCUT2D eigenvalue weighted by atomic mass is 9.83. The molecule has 0 fully saturated rings. The molecule has 2 unspecified atom stereocenters. The van der Waals surface area contributed by atoms with Gasteiger partial charge in [-0.15, -0.1) is 0 Å². The summed E-state index contributed by atoms with van der Waals surface area (Å²) in [5, 5.41) is 4.14. The molecular formula is C23H27ClN4O. The van der Waals surface area contributed by atoms with Crippen molar-refractivity contribution in [2.75, 3.05) is 13.6 Å². The fourth-order valence-corrected chi connectivity index (χ4v) is 4.68. The zero-order valence-electron chi connectivity index (χ0n) is 17.4. The Hall–Kier alpha value is -2.24. The van der Waals surface area contributed by atoms with Crippen LogP contribution in [-0.4, -0.2) is 28.1 Å². The Morgan fingerprint density at radius 3 is 2.69 bits per heavy atom. The second-order valence-electron chi connectivity index (χ2n) is 8.00. The fraction of sp³-hybridized carbons (Fsp3) is 0.435. The number of halogens is 1. The Labute approximate surface area is 176 Å². The highest BCUT2D eigenvalue weighted by Gasteiger charge is 2.42. The third-order valence-electron chi connectivity index (χ3n) is 6.38. The van der Waals surface area contributed by atoms with Crippen molar-refractivity contribution in [1.29, 1.82) is 0 Å². The van der Waals surface area contributed by atoms with Gasteiger partial charge in [-0.25, -0.2) is 0 Å². The second-order valence-corrected chi connectivity index (χ2v) is 8.40. The summed E-state index contributed by atoms with van der Waals surface area (Å²) in [6.45, 7) is 7.43. The monoisotopic (exact) mass is 410 g/mol. The van der Waals surface area contributed by atoms with Gasteiger partial charge >= 0.3 is 0 Å². The third-order valence-corrected chi connectivity index (χ3v) is 6.69. The highest BCUT2D eigenvalue weighted by molar-refractivity contribution is 6.35. The smallest absolute Gasteiger partial charge is 0.282 e. The Morgan fingerprint density at radius 2 is 2.00 bits per heavy atom. The molecule has 3 aromatic rings. The van der Waals surface area contributed by atoms with Gasteiger partial charge in [0, 0.05) is 11.6 Å². The average Bonchev–Trinajstić information content (AvgIpc) is 2.97. The first-order valence-electron chi connectivity index (χ1n) is 10.3. The van der Waals surface area contributed by atoms with Crippen molar-refractivity contribution in [3.8, 4) is 5.69 Å². The quantitative estimate of drug-likeness (QED) is 0.646. The van der Waals surface area contributed by atoms with E-state index in [0.29, 0.717) is 16.3 Å². The predicted octanol–water partition coefficient (Wildman–Crippen LogP) is 4.57. The van der Waals surface area contributed by atoms with Gasteiger partial charge in [-0.1, -0.05) is 31.5 Å². The molecule has 1 aliphatic heterocycles. The van der Waals surface area contributed by atoms with Crippen molar-refractivity contribution in [1.82, 2.24) is 19.9 Å². The van der Waals surface area contributed by atoms with E-state index in [-0.39, 0.29) is 5.56 Å². The minimum absolute atomic E-state index is 0.273. The van der Waals surface area contributed by atoms with Gasteiger partial charge in [0.15, 0.2) is 0 Å². The minimum Gasteiger partial charge on any atom is -0.320 e. The van der Waals surface area contributed by atoms with Crippen LogP contribution in [0.3, 0.4) is 0 Å². The van der Waals surface area contributed by atoms with E-state index in [1.807, 2.05) is 19.2 Å². The molecule has 0 bridgehead atoms. The molecule has 0 saturated carbocycles. The van der Waals surface area contributed by atoms with Crippen LogP contribution >= 0.6 is 11.6 Å². The van der Waals surface area contributed by atoms with Crippen molar-refractivity contribution in [2.45, 2.75) is 51.4 Å². The van der Waals surface area contributed by atoms with Gasteiger partial charge in [0.05, 0.1) is 32.7 Å². The molecule has 4 rings (SSSR count). The molecule has 0 amide bonds. The first-order chi connectivity index (χ1) is 14.0. The topological polar surface area (TPSA) is 59.8 Å². The molecular weight excluding hydrogens is 384 g/mol. The number of aromatic nitrogens is 3. The Bertz CT molecular complexity index is 1140. The second kappa shape index (κ2) is 7.54. The van der Waals surface area contributed by atoms with Crippen LogP contribution in [0.2, 0.25) is 5.02 Å². The summed E-state index contributed by atoms with van der Waals surface area (Å²) in [5.74, 6) is 1.15. The standard InChI is InChI=1S/C23H27ClN4O/c1-5-14(12-13-25-4)16-10-11-18-20(26-16)23(3,6-2)22-27-21(29)19-15(24)8-7-9-17(19)28(18)22/h7-11,14,25H,5-6,12-13H2,1-4H3. The summed E-state index contributed by atoms with van der Waals surface area (Å²) in [6.07, 6.45) is 2.89. The lowest BCUT2D eigenvalue weighted by Crippen LogP contribution is -2.27. The van der Waals surface area contributed by atoms with Gasteiger partial charge in [0.1, 0.15) is 5.82 Å². The molecule has 2 aromatic heterocycles. The highest BCUT2D eigenvalue weighted by atomic mass is 35.5. The van der Waals surface area contributed by atoms with Crippen LogP contribution in [0.1, 0.15) is 63.2 Å². The average molecular weight is 411 g/mol. The summed E-state index contributed by atoms with van der Waals surface area (Å²) >= 11 is 6.36. The number of hydrogen-bond donors (Lipinski definition) is 1. The summed E-state index contributed by atoms with van der Waals surface area (Å²) in [6, 6.07) is 9.82. The molecule has 0 spiro atoms. The van der Waals surface area contributed by atoms with Crippen LogP contribution < -0.4 is 10.9 Å². The maximum Gasteiger partial charge on any atom is 0.282 e. The summed E-state index contributed by atoms with van der Waals surface area (Å²) in [5.41, 5.74) is 3.21. The van der Waals surface area contributed by atoms with Crippen LogP contribution in [0.4, 0.5) is 0 Å². The predicted molar refractivity (Wildman–Crippen MR) is 118 cm³/mol. The normalized spacial score (nSPS) is 18.7. The lowest BCUT2D eigenvalue weighted by molar-refractivity contribution is 0.507. The Balaban J connectivity index is 1.98. The number of nitrogens with zero attached hydrogens (tertiary/aromatic N) is 3. The van der Waals surface area contributed by atoms with Gasteiger partial charge < -0.3 is 5.32 Å². The lowest BCUT2D eigenvalue weighted by Gasteiger charge is -2.23. The molecule has 29 heavy (non-hydrogen) atoms. The summed E-state index contributed by atoms with van der Waals surface area (Å²) < 4.78 is 2.08. The summed E-state index contributed by atoms with van der Waals surface area (Å²) in [7, 11) is 1.98. The molecule has 3 heterocycles. The van der Waals surface area contributed by atoms with E-state index in [1.54, 1.807) is 6.07 Å². The highest BCUT2D eigenvalue weighted by Crippen LogP contribution is 2.45. The van der Waals surface area contributed by atoms with E-state index in [1.165, 1.54) is 0 Å². The van der Waals surface area contributed by atoms with E-state index >= 15 is 0 Å². The van der Waals surface area contributed by atoms with Gasteiger partial charge in [-0.2, -0.15) is 4.98 Å². The number of hydrogen-bond acceptors (Lipinski definition) is 4. The molecule has 2 atom stereocenters.